The summed E-state index contributed by atoms with van der Waals surface area (Å²) < 4.78 is 0.993. The Bertz CT molecular complexity index is 174. The smallest absolute Gasteiger partial charge is 0.147 e. The van der Waals surface area contributed by atoms with E-state index in [0.717, 1.165) is 17.4 Å². The van der Waals surface area contributed by atoms with Crippen LogP contribution in [0.2, 0.25) is 0 Å². The molecular weight excluding hydrogens is 138 g/mol. The van der Waals surface area contributed by atoms with Gasteiger partial charge in [-0.05, 0) is 13.8 Å². The van der Waals surface area contributed by atoms with Gasteiger partial charge in [-0.25, -0.2) is 0 Å². The highest BCUT2D eigenvalue weighted by Gasteiger charge is 2.37. The van der Waals surface area contributed by atoms with E-state index in [4.69, 9.17) is 0 Å². The Morgan fingerprint density at radius 2 is 1.91 bits per heavy atom. The van der Waals surface area contributed by atoms with E-state index in [2.05, 4.69) is 21.0 Å². The van der Waals surface area contributed by atoms with Crippen molar-refractivity contribution in [3.8, 4) is 0 Å². The number of carbonyl (C=O) groups excluding carboxylic acids is 1. The van der Waals surface area contributed by atoms with Gasteiger partial charge in [0.05, 0.1) is 39.0 Å². The quantitative estimate of drug-likeness (QED) is 0.479. The van der Waals surface area contributed by atoms with Crippen molar-refractivity contribution in [1.29, 1.82) is 0 Å². The maximum Gasteiger partial charge on any atom is 0.147 e. The molecule has 0 aromatic carbocycles. The van der Waals surface area contributed by atoms with Crippen molar-refractivity contribution in [2.45, 2.75) is 26.3 Å². The maximum absolute atomic E-state index is 11.3. The Balaban J connectivity index is 2.75. The van der Waals surface area contributed by atoms with Gasteiger partial charge in [0, 0.05) is 0 Å². The zero-order chi connectivity index (χ0) is 8.65. The fourth-order valence-electron chi connectivity index (χ4n) is 1.70. The average molecular weight is 156 g/mol. The lowest BCUT2D eigenvalue weighted by molar-refractivity contribution is -0.917. The van der Waals surface area contributed by atoms with Crippen molar-refractivity contribution < 1.29 is 9.28 Å². The molecule has 0 aliphatic carbocycles. The molecule has 2 atom stereocenters. The van der Waals surface area contributed by atoms with Crippen molar-refractivity contribution in [3.05, 3.63) is 0 Å². The van der Waals surface area contributed by atoms with Crippen LogP contribution in [0, 0.1) is 5.92 Å². The second-order valence-corrected chi connectivity index (χ2v) is 4.25. The molecule has 0 spiro atoms. The average Bonchev–Trinajstić information content (AvgIpc) is 1.95. The molecule has 2 nitrogen and oxygen atoms in total. The molecule has 1 saturated heterocycles. The Hall–Kier alpha value is -0.370. The Kier molecular flexibility index (Phi) is 2.06. The van der Waals surface area contributed by atoms with Gasteiger partial charge in [-0.15, -0.1) is 0 Å². The van der Waals surface area contributed by atoms with Crippen molar-refractivity contribution in [3.63, 3.8) is 0 Å². The Morgan fingerprint density at radius 3 is 2.36 bits per heavy atom. The number of carbonyl (C=O) groups is 1. The van der Waals surface area contributed by atoms with Gasteiger partial charge in [0.15, 0.2) is 0 Å². The molecule has 1 aliphatic heterocycles. The fraction of sp³-hybridized carbons (Fsp3) is 0.889. The number of ketones is 1. The zero-order valence-corrected chi connectivity index (χ0v) is 7.92. The summed E-state index contributed by atoms with van der Waals surface area (Å²) in [5.74, 6) is 0.689. The van der Waals surface area contributed by atoms with E-state index in [9.17, 15) is 4.79 Å². The molecule has 1 rings (SSSR count). The number of Topliss-reactive ketones (excluding diaryl/α,β-unsaturated/α-hetero) is 1. The summed E-state index contributed by atoms with van der Waals surface area (Å²) in [5, 5.41) is 0. The minimum Gasteiger partial charge on any atom is -0.325 e. The predicted octanol–water partition coefficient (Wildman–Crippen LogP) is 1.06. The molecule has 0 radical (unpaired) electrons. The van der Waals surface area contributed by atoms with Crippen LogP contribution in [0.3, 0.4) is 0 Å². The highest BCUT2D eigenvalue weighted by Crippen LogP contribution is 2.23. The summed E-state index contributed by atoms with van der Waals surface area (Å²) in [6.45, 7) is 5.22. The molecule has 0 bridgehead atoms. The summed E-state index contributed by atoms with van der Waals surface area (Å²) >= 11 is 0. The Labute approximate surface area is 68.8 Å². The summed E-state index contributed by atoms with van der Waals surface area (Å²) in [4.78, 5) is 11.3. The van der Waals surface area contributed by atoms with Crippen molar-refractivity contribution in [2.24, 2.45) is 5.92 Å². The maximum atomic E-state index is 11.3. The number of quaternary nitrogens is 1. The van der Waals surface area contributed by atoms with E-state index in [1.807, 2.05) is 6.92 Å². The van der Waals surface area contributed by atoms with Gasteiger partial charge in [0.2, 0.25) is 0 Å². The molecule has 0 aromatic rings. The van der Waals surface area contributed by atoms with Gasteiger partial charge >= 0.3 is 0 Å². The molecule has 1 heterocycles. The first-order chi connectivity index (χ1) is 4.95. The lowest BCUT2D eigenvalue weighted by Gasteiger charge is -2.42. The number of likely N-dealkylation sites (tertiary alicyclic amines) is 1. The van der Waals surface area contributed by atoms with E-state index in [-0.39, 0.29) is 5.92 Å². The van der Waals surface area contributed by atoms with Crippen LogP contribution in [0.4, 0.5) is 0 Å². The lowest BCUT2D eigenvalue weighted by atomic mass is 9.89. The first kappa shape index (κ1) is 8.72. The van der Waals surface area contributed by atoms with Crippen LogP contribution in [0.25, 0.3) is 0 Å². The minimum atomic E-state index is 0.249. The van der Waals surface area contributed by atoms with Crippen LogP contribution in [0.15, 0.2) is 0 Å². The highest BCUT2D eigenvalue weighted by atomic mass is 16.1. The Morgan fingerprint density at radius 1 is 1.36 bits per heavy atom. The van der Waals surface area contributed by atoms with Gasteiger partial charge in [-0.2, -0.15) is 0 Å². The molecule has 0 amide bonds. The van der Waals surface area contributed by atoms with Gasteiger partial charge in [0.25, 0.3) is 0 Å². The van der Waals surface area contributed by atoms with E-state index in [1.165, 1.54) is 0 Å². The second kappa shape index (κ2) is 2.59. The molecule has 0 N–H and O–H groups in total. The first-order valence-electron chi connectivity index (χ1n) is 4.30. The van der Waals surface area contributed by atoms with E-state index >= 15 is 0 Å². The van der Waals surface area contributed by atoms with Gasteiger partial charge < -0.3 is 4.48 Å². The van der Waals surface area contributed by atoms with Crippen LogP contribution < -0.4 is 0 Å². The number of piperidine rings is 1. The molecule has 1 aliphatic rings. The summed E-state index contributed by atoms with van der Waals surface area (Å²) in [5.41, 5.74) is 0. The summed E-state index contributed by atoms with van der Waals surface area (Å²) in [7, 11) is 4.40. The molecular formula is C9H18NO+. The molecule has 1 fully saturated rings. The third-order valence-electron chi connectivity index (χ3n) is 3.27. The molecule has 0 saturated carbocycles. The molecule has 0 aromatic heterocycles. The SMILES string of the molecule is C[C@@H]1C(=O)CC[N+](C)(C)[C@H]1C. The number of rotatable bonds is 0. The zero-order valence-electron chi connectivity index (χ0n) is 7.92. The predicted molar refractivity (Wildman–Crippen MR) is 45.2 cm³/mol. The largest absolute Gasteiger partial charge is 0.325 e. The normalized spacial score (nSPS) is 37.3. The van der Waals surface area contributed by atoms with E-state index in [0.29, 0.717) is 11.8 Å². The topological polar surface area (TPSA) is 17.1 Å². The van der Waals surface area contributed by atoms with Crippen LogP contribution in [-0.2, 0) is 4.79 Å². The van der Waals surface area contributed by atoms with E-state index in [1.54, 1.807) is 0 Å². The van der Waals surface area contributed by atoms with Crippen LogP contribution >= 0.6 is 0 Å². The van der Waals surface area contributed by atoms with Crippen LogP contribution in [-0.4, -0.2) is 36.9 Å². The molecule has 0 unspecified atom stereocenters. The highest BCUT2D eigenvalue weighted by molar-refractivity contribution is 5.81. The summed E-state index contributed by atoms with van der Waals surface area (Å²) in [6.07, 6.45) is 0.762. The molecule has 11 heavy (non-hydrogen) atoms. The summed E-state index contributed by atoms with van der Waals surface area (Å²) in [6, 6.07) is 0.483. The number of hydrogen-bond acceptors (Lipinski definition) is 1. The third-order valence-corrected chi connectivity index (χ3v) is 3.27. The lowest BCUT2D eigenvalue weighted by Crippen LogP contribution is -2.56. The monoisotopic (exact) mass is 156 g/mol. The van der Waals surface area contributed by atoms with Crippen LogP contribution in [0.5, 0.6) is 0 Å². The van der Waals surface area contributed by atoms with Crippen molar-refractivity contribution in [1.82, 2.24) is 0 Å². The fourth-order valence-corrected chi connectivity index (χ4v) is 1.70. The molecule has 2 heteroatoms. The van der Waals surface area contributed by atoms with Gasteiger partial charge in [0.1, 0.15) is 5.78 Å². The number of nitrogens with zero attached hydrogens (tertiary/aromatic N) is 1. The minimum absolute atomic E-state index is 0.249. The number of hydrogen-bond donors (Lipinski definition) is 0. The standard InChI is InChI=1S/C9H18NO/c1-7-8(2)10(3,4)6-5-9(7)11/h7-8H,5-6H2,1-4H3/q+1/t7-,8-/m0/s1. The van der Waals surface area contributed by atoms with Crippen molar-refractivity contribution in [2.75, 3.05) is 20.6 Å². The second-order valence-electron chi connectivity index (χ2n) is 4.25. The van der Waals surface area contributed by atoms with E-state index < -0.39 is 0 Å². The van der Waals surface area contributed by atoms with Gasteiger partial charge in [-0.1, -0.05) is 0 Å². The third kappa shape index (κ3) is 1.45. The van der Waals surface area contributed by atoms with Crippen molar-refractivity contribution >= 4 is 5.78 Å². The van der Waals surface area contributed by atoms with Gasteiger partial charge in [-0.3, -0.25) is 4.79 Å². The molecule has 64 valence electrons. The van der Waals surface area contributed by atoms with Crippen LogP contribution in [0.1, 0.15) is 20.3 Å². The first-order valence-corrected chi connectivity index (χ1v) is 4.30.